The van der Waals surface area contributed by atoms with Gasteiger partial charge in [0.1, 0.15) is 16.5 Å². The highest BCUT2D eigenvalue weighted by molar-refractivity contribution is 7.80. The van der Waals surface area contributed by atoms with Crippen LogP contribution in [0.25, 0.3) is 0 Å². The Morgan fingerprint density at radius 1 is 0.865 bits per heavy atom. The van der Waals surface area contributed by atoms with Gasteiger partial charge < -0.3 is 15.1 Å². The summed E-state index contributed by atoms with van der Waals surface area (Å²) in [5, 5.41) is 3.57. The predicted octanol–water partition coefficient (Wildman–Crippen LogP) is 6.91. The van der Waals surface area contributed by atoms with E-state index in [1.165, 1.54) is 30.5 Å². The van der Waals surface area contributed by atoms with Crippen LogP contribution in [0.2, 0.25) is 0 Å². The van der Waals surface area contributed by atoms with E-state index < -0.39 is 0 Å². The van der Waals surface area contributed by atoms with Gasteiger partial charge in [0.25, 0.3) is 0 Å². The Hall–Kier alpha value is -3.06. The number of nitrogens with zero attached hydrogens (tertiary/aromatic N) is 4. The molecule has 0 saturated carbocycles. The molecule has 0 atom stereocenters. The molecule has 3 rings (SSSR count). The van der Waals surface area contributed by atoms with Crippen LogP contribution in [0, 0.1) is 6.92 Å². The van der Waals surface area contributed by atoms with E-state index in [1.807, 2.05) is 31.2 Å². The summed E-state index contributed by atoms with van der Waals surface area (Å²) in [6, 6.07) is 20.7. The van der Waals surface area contributed by atoms with Crippen LogP contribution in [0.1, 0.15) is 63.8 Å². The molecule has 0 unspecified atom stereocenters. The van der Waals surface area contributed by atoms with Crippen molar-refractivity contribution >= 4 is 35.7 Å². The number of carbonyl (C=O) groups excluding carboxylic acids is 1. The van der Waals surface area contributed by atoms with Crippen LogP contribution in [0.3, 0.4) is 0 Å². The molecule has 7 heteroatoms. The molecule has 2 aromatic carbocycles. The number of aryl methyl sites for hydroxylation is 1. The Labute approximate surface area is 227 Å². The van der Waals surface area contributed by atoms with Gasteiger partial charge in [-0.15, -0.1) is 12.6 Å². The minimum absolute atomic E-state index is 0.0428. The molecular formula is C30H41N5OS. The molecule has 0 radical (unpaired) electrons. The molecule has 0 saturated heterocycles. The number of carbonyl (C=O) groups is 1. The third-order valence-corrected chi connectivity index (χ3v) is 6.70. The van der Waals surface area contributed by atoms with Crippen LogP contribution in [0.5, 0.6) is 0 Å². The Kier molecular flexibility index (Phi) is 11.8. The monoisotopic (exact) mass is 519 g/mol. The zero-order valence-electron chi connectivity index (χ0n) is 22.5. The molecule has 0 aliphatic rings. The van der Waals surface area contributed by atoms with E-state index in [9.17, 15) is 4.79 Å². The summed E-state index contributed by atoms with van der Waals surface area (Å²) in [7, 11) is 0. The molecule has 37 heavy (non-hydrogen) atoms. The summed E-state index contributed by atoms with van der Waals surface area (Å²) in [6.07, 6.45) is 6.07. The maximum absolute atomic E-state index is 13.1. The van der Waals surface area contributed by atoms with Gasteiger partial charge in [0, 0.05) is 38.3 Å². The number of anilines is 3. The molecule has 0 spiro atoms. The van der Waals surface area contributed by atoms with Gasteiger partial charge in [0.05, 0.1) is 0 Å². The van der Waals surface area contributed by atoms with Crippen molar-refractivity contribution < 1.29 is 4.79 Å². The highest BCUT2D eigenvalue weighted by Gasteiger charge is 2.19. The number of thiol groups is 1. The minimum atomic E-state index is -0.0428. The van der Waals surface area contributed by atoms with Crippen molar-refractivity contribution in [2.45, 2.75) is 70.9 Å². The average Bonchev–Trinajstić information content (AvgIpc) is 2.91. The van der Waals surface area contributed by atoms with Crippen molar-refractivity contribution in [1.29, 1.82) is 0 Å². The van der Waals surface area contributed by atoms with Gasteiger partial charge in [0.2, 0.25) is 5.91 Å². The van der Waals surface area contributed by atoms with E-state index in [4.69, 9.17) is 4.98 Å². The lowest BCUT2D eigenvalue weighted by molar-refractivity contribution is -0.116. The molecule has 0 fully saturated rings. The lowest BCUT2D eigenvalue weighted by Crippen LogP contribution is -2.28. The lowest BCUT2D eigenvalue weighted by Gasteiger charge is -2.26. The maximum atomic E-state index is 13.1. The van der Waals surface area contributed by atoms with Gasteiger partial charge in [-0.05, 0) is 44.4 Å². The first-order valence-electron chi connectivity index (χ1n) is 13.5. The van der Waals surface area contributed by atoms with Gasteiger partial charge in [-0.1, -0.05) is 74.7 Å². The van der Waals surface area contributed by atoms with E-state index in [0.717, 1.165) is 32.5 Å². The molecule has 1 aromatic heterocycles. The summed E-state index contributed by atoms with van der Waals surface area (Å²) in [5.41, 5.74) is 2.97. The fourth-order valence-corrected chi connectivity index (χ4v) is 4.70. The van der Waals surface area contributed by atoms with Crippen LogP contribution in [0.4, 0.5) is 17.2 Å². The van der Waals surface area contributed by atoms with Crippen molar-refractivity contribution in [3.05, 3.63) is 72.1 Å². The van der Waals surface area contributed by atoms with Crippen molar-refractivity contribution in [3.8, 4) is 0 Å². The maximum Gasteiger partial charge on any atom is 0.224 e. The zero-order chi connectivity index (χ0) is 26.5. The van der Waals surface area contributed by atoms with Crippen molar-refractivity contribution in [2.75, 3.05) is 34.8 Å². The molecular weight excluding hydrogens is 478 g/mol. The van der Waals surface area contributed by atoms with E-state index >= 15 is 0 Å². The van der Waals surface area contributed by atoms with Crippen LogP contribution >= 0.6 is 12.6 Å². The quantitative estimate of drug-likeness (QED) is 0.130. The molecule has 198 valence electrons. The number of unbranched alkanes of at least 4 members (excludes halogenated alkanes) is 3. The zero-order valence-corrected chi connectivity index (χ0v) is 23.4. The number of benzene rings is 2. The van der Waals surface area contributed by atoms with Gasteiger partial charge in [-0.2, -0.15) is 0 Å². The number of nitrogens with one attached hydrogen (secondary N) is 1. The topological polar surface area (TPSA) is 61.4 Å². The van der Waals surface area contributed by atoms with E-state index in [-0.39, 0.29) is 5.91 Å². The fourth-order valence-electron chi connectivity index (χ4n) is 4.39. The average molecular weight is 520 g/mol. The second-order valence-corrected chi connectivity index (χ2v) is 9.75. The predicted molar refractivity (Wildman–Crippen MR) is 158 cm³/mol. The number of hydrogen-bond acceptors (Lipinski definition) is 6. The fraction of sp³-hybridized carbons (Fsp3) is 0.433. The first-order chi connectivity index (χ1) is 18.0. The normalized spacial score (nSPS) is 10.8. The van der Waals surface area contributed by atoms with Crippen molar-refractivity contribution in [1.82, 2.24) is 9.97 Å². The summed E-state index contributed by atoms with van der Waals surface area (Å²) < 4.78 is 0. The first kappa shape index (κ1) is 28.5. The molecule has 1 N–H and O–H groups in total. The molecule has 0 aliphatic heterocycles. The Balaban J connectivity index is 1.65. The second kappa shape index (κ2) is 15.3. The van der Waals surface area contributed by atoms with Gasteiger partial charge in [0.15, 0.2) is 5.82 Å². The van der Waals surface area contributed by atoms with Crippen LogP contribution in [0.15, 0.2) is 65.7 Å². The highest BCUT2D eigenvalue weighted by atomic mass is 32.1. The number of rotatable bonds is 15. The first-order valence-corrected chi connectivity index (χ1v) is 13.9. The lowest BCUT2D eigenvalue weighted by atomic mass is 10.1. The molecule has 1 amide bonds. The van der Waals surface area contributed by atoms with Crippen molar-refractivity contribution in [3.63, 3.8) is 0 Å². The van der Waals surface area contributed by atoms with Gasteiger partial charge in [-0.25, -0.2) is 9.97 Å². The number of aromatic nitrogens is 2. The molecule has 0 aliphatic carbocycles. The summed E-state index contributed by atoms with van der Waals surface area (Å²) in [6.45, 7) is 9.44. The standard InChI is InChI=1S/C30H41N5OS/c1-4-6-7-14-21-35(26-18-12-9-13-19-26)22-15-20-27(36)33-28-29(31-24(3)32-30(28)37)34(5-2)23-25-16-10-8-11-17-25/h8-13,16-19H,4-7,14-15,20-23H2,1-3H3,(H,33,36)(H,31,32,37). The molecule has 6 nitrogen and oxygen atoms in total. The van der Waals surface area contributed by atoms with E-state index in [1.54, 1.807) is 0 Å². The number of hydrogen-bond donors (Lipinski definition) is 2. The van der Waals surface area contributed by atoms with Crippen molar-refractivity contribution in [2.24, 2.45) is 0 Å². The molecule has 0 bridgehead atoms. The summed E-state index contributed by atoms with van der Waals surface area (Å²) in [5.74, 6) is 1.30. The third kappa shape index (κ3) is 9.08. The van der Waals surface area contributed by atoms with Crippen LogP contribution < -0.4 is 15.1 Å². The number of amides is 1. The minimum Gasteiger partial charge on any atom is -0.372 e. The van der Waals surface area contributed by atoms with Gasteiger partial charge >= 0.3 is 0 Å². The molecule has 1 heterocycles. The highest BCUT2D eigenvalue weighted by Crippen LogP contribution is 2.30. The van der Waals surface area contributed by atoms with Crippen LogP contribution in [-0.4, -0.2) is 35.5 Å². The van der Waals surface area contributed by atoms with E-state index in [0.29, 0.717) is 35.3 Å². The van der Waals surface area contributed by atoms with Gasteiger partial charge in [-0.3, -0.25) is 4.79 Å². The Bertz CT molecular complexity index is 1090. The second-order valence-electron chi connectivity index (χ2n) is 9.33. The third-order valence-electron chi connectivity index (χ3n) is 6.38. The number of para-hydroxylation sites is 1. The Morgan fingerprint density at radius 2 is 1.54 bits per heavy atom. The smallest absolute Gasteiger partial charge is 0.224 e. The Morgan fingerprint density at radius 3 is 2.22 bits per heavy atom. The summed E-state index contributed by atoms with van der Waals surface area (Å²) >= 11 is 4.60. The molecule has 3 aromatic rings. The van der Waals surface area contributed by atoms with Crippen LogP contribution in [-0.2, 0) is 11.3 Å². The largest absolute Gasteiger partial charge is 0.372 e. The van der Waals surface area contributed by atoms with E-state index in [2.05, 4.69) is 83.0 Å². The SMILES string of the molecule is CCCCCCN(CCCC(=O)Nc1c(S)nc(C)nc1N(CC)Cc1ccccc1)c1ccccc1. The summed E-state index contributed by atoms with van der Waals surface area (Å²) in [4.78, 5) is 26.7.